The second-order valence-corrected chi connectivity index (χ2v) is 7.26. The Morgan fingerprint density at radius 2 is 2.15 bits per heavy atom. The minimum absolute atomic E-state index is 0.00936. The lowest BCUT2D eigenvalue weighted by atomic mass is 10.1. The Bertz CT molecular complexity index is 566. The van der Waals surface area contributed by atoms with E-state index in [9.17, 15) is 8.42 Å². The van der Waals surface area contributed by atoms with E-state index in [1.165, 1.54) is 4.31 Å². The van der Waals surface area contributed by atoms with Gasteiger partial charge >= 0.3 is 0 Å². The van der Waals surface area contributed by atoms with Gasteiger partial charge in [-0.25, -0.2) is 8.42 Å². The zero-order valence-electron chi connectivity index (χ0n) is 12.0. The molecule has 5 nitrogen and oxygen atoms in total. The van der Waals surface area contributed by atoms with Gasteiger partial charge in [0.2, 0.25) is 10.0 Å². The Hall–Kier alpha value is -1.11. The highest BCUT2D eigenvalue weighted by Crippen LogP contribution is 2.24. The number of benzene rings is 1. The van der Waals surface area contributed by atoms with Gasteiger partial charge in [0, 0.05) is 25.9 Å². The summed E-state index contributed by atoms with van der Waals surface area (Å²) >= 11 is 0. The van der Waals surface area contributed by atoms with Crippen LogP contribution in [-0.2, 0) is 14.8 Å². The van der Waals surface area contributed by atoms with Gasteiger partial charge in [0.05, 0.1) is 11.0 Å². The predicted octanol–water partition coefficient (Wildman–Crippen LogP) is 1.77. The van der Waals surface area contributed by atoms with Crippen molar-refractivity contribution >= 4 is 15.7 Å². The first-order chi connectivity index (χ1) is 9.43. The van der Waals surface area contributed by atoms with Crippen molar-refractivity contribution in [3.63, 3.8) is 0 Å². The zero-order valence-corrected chi connectivity index (χ0v) is 12.8. The fourth-order valence-electron chi connectivity index (χ4n) is 2.42. The second kappa shape index (κ2) is 6.11. The maximum Gasteiger partial charge on any atom is 0.243 e. The summed E-state index contributed by atoms with van der Waals surface area (Å²) in [6.07, 6.45) is 3.05. The van der Waals surface area contributed by atoms with Gasteiger partial charge in [0.1, 0.15) is 0 Å². The quantitative estimate of drug-likeness (QED) is 0.860. The van der Waals surface area contributed by atoms with Crippen LogP contribution in [0.3, 0.4) is 0 Å². The molecule has 1 aromatic carbocycles. The number of ether oxygens (including phenoxy) is 1. The number of rotatable bonds is 4. The summed E-state index contributed by atoms with van der Waals surface area (Å²) < 4.78 is 32.2. The Balaban J connectivity index is 2.18. The largest absolute Gasteiger partial charge is 0.398 e. The van der Waals surface area contributed by atoms with Crippen LogP contribution < -0.4 is 5.73 Å². The van der Waals surface area contributed by atoms with Crippen molar-refractivity contribution in [3.05, 3.63) is 23.8 Å². The molecule has 1 aromatic rings. The van der Waals surface area contributed by atoms with Gasteiger partial charge in [0.15, 0.2) is 0 Å². The van der Waals surface area contributed by atoms with Crippen LogP contribution in [0.4, 0.5) is 5.69 Å². The van der Waals surface area contributed by atoms with Crippen LogP contribution in [-0.4, -0.2) is 39.0 Å². The minimum Gasteiger partial charge on any atom is -0.398 e. The van der Waals surface area contributed by atoms with E-state index in [4.69, 9.17) is 10.5 Å². The molecule has 0 saturated carbocycles. The lowest BCUT2D eigenvalue weighted by Gasteiger charge is -2.27. The molecule has 0 amide bonds. The maximum absolute atomic E-state index is 12.6. The normalized spacial score (nSPS) is 20.2. The van der Waals surface area contributed by atoms with E-state index in [-0.39, 0.29) is 11.0 Å². The van der Waals surface area contributed by atoms with Crippen LogP contribution >= 0.6 is 0 Å². The highest BCUT2D eigenvalue weighted by molar-refractivity contribution is 7.89. The van der Waals surface area contributed by atoms with Gasteiger partial charge in [-0.3, -0.25) is 0 Å². The number of hydrogen-bond acceptors (Lipinski definition) is 4. The average Bonchev–Trinajstić information content (AvgIpc) is 2.42. The SMILES string of the molecule is Cc1c(N)cccc1S(=O)(=O)N(C)CC1CCCCO1. The molecule has 2 N–H and O–H groups in total. The number of hydrogen-bond donors (Lipinski definition) is 1. The van der Waals surface area contributed by atoms with Gasteiger partial charge in [-0.05, 0) is 43.9 Å². The molecular formula is C14H22N2O3S. The molecule has 1 atom stereocenters. The number of likely N-dealkylation sites (N-methyl/N-ethyl adjacent to an activating group) is 1. The first kappa shape index (κ1) is 15.3. The molecule has 6 heteroatoms. The van der Waals surface area contributed by atoms with E-state index in [1.807, 2.05) is 0 Å². The number of nitrogens with zero attached hydrogens (tertiary/aromatic N) is 1. The lowest BCUT2D eigenvalue weighted by molar-refractivity contribution is 0.00858. The molecule has 1 aliphatic heterocycles. The van der Waals surface area contributed by atoms with Crippen molar-refractivity contribution in [2.24, 2.45) is 0 Å². The summed E-state index contributed by atoms with van der Waals surface area (Å²) in [4.78, 5) is 0.274. The van der Waals surface area contributed by atoms with Gasteiger partial charge in [-0.2, -0.15) is 4.31 Å². The lowest BCUT2D eigenvalue weighted by Crippen LogP contribution is -2.37. The van der Waals surface area contributed by atoms with Crippen LogP contribution in [0.2, 0.25) is 0 Å². The average molecular weight is 298 g/mol. The molecule has 112 valence electrons. The summed E-state index contributed by atoms with van der Waals surface area (Å²) in [5.41, 5.74) is 6.89. The van der Waals surface area contributed by atoms with Gasteiger partial charge < -0.3 is 10.5 Å². The van der Waals surface area contributed by atoms with Crippen LogP contribution in [0.25, 0.3) is 0 Å². The number of sulfonamides is 1. The Morgan fingerprint density at radius 3 is 2.80 bits per heavy atom. The second-order valence-electron chi connectivity index (χ2n) is 5.24. The molecule has 1 heterocycles. The number of anilines is 1. The van der Waals surface area contributed by atoms with Crippen LogP contribution in [0.5, 0.6) is 0 Å². The van der Waals surface area contributed by atoms with Crippen molar-refractivity contribution < 1.29 is 13.2 Å². The summed E-state index contributed by atoms with van der Waals surface area (Å²) in [5, 5.41) is 0. The van der Waals surface area contributed by atoms with Crippen LogP contribution in [0.1, 0.15) is 24.8 Å². The third kappa shape index (κ3) is 3.13. The minimum atomic E-state index is -3.52. The van der Waals surface area contributed by atoms with E-state index >= 15 is 0 Å². The molecule has 1 fully saturated rings. The fourth-order valence-corrected chi connectivity index (χ4v) is 3.87. The Labute approximate surface area is 120 Å². The standard InChI is InChI=1S/C14H22N2O3S/c1-11-13(15)7-5-8-14(11)20(17,18)16(2)10-12-6-3-4-9-19-12/h5,7-8,12H,3-4,6,9-10,15H2,1-2H3. The molecule has 1 aliphatic rings. The highest BCUT2D eigenvalue weighted by Gasteiger charge is 2.26. The summed E-state index contributed by atoms with van der Waals surface area (Å²) in [7, 11) is -1.93. The number of nitrogen functional groups attached to an aromatic ring is 1. The fraction of sp³-hybridized carbons (Fsp3) is 0.571. The molecule has 20 heavy (non-hydrogen) atoms. The third-order valence-electron chi connectivity index (χ3n) is 3.75. The summed E-state index contributed by atoms with van der Waals surface area (Å²) in [5.74, 6) is 0. The molecule has 0 radical (unpaired) electrons. The van der Waals surface area contributed by atoms with Crippen molar-refractivity contribution in [3.8, 4) is 0 Å². The summed E-state index contributed by atoms with van der Waals surface area (Å²) in [6.45, 7) is 2.83. The van der Waals surface area contributed by atoms with Gasteiger partial charge in [-0.15, -0.1) is 0 Å². The predicted molar refractivity (Wildman–Crippen MR) is 79.0 cm³/mol. The smallest absolute Gasteiger partial charge is 0.243 e. The van der Waals surface area contributed by atoms with E-state index in [2.05, 4.69) is 0 Å². The van der Waals surface area contributed by atoms with Crippen LogP contribution in [0, 0.1) is 6.92 Å². The molecule has 0 aliphatic carbocycles. The van der Waals surface area contributed by atoms with E-state index in [0.29, 0.717) is 17.8 Å². The molecule has 1 saturated heterocycles. The first-order valence-corrected chi connectivity index (χ1v) is 8.30. The molecular weight excluding hydrogens is 276 g/mol. The molecule has 0 bridgehead atoms. The van der Waals surface area contributed by atoms with Crippen molar-refractivity contribution in [1.29, 1.82) is 0 Å². The number of nitrogens with two attached hydrogens (primary N) is 1. The molecule has 2 rings (SSSR count). The van der Waals surface area contributed by atoms with Crippen LogP contribution in [0.15, 0.2) is 23.1 Å². The molecule has 0 aromatic heterocycles. The van der Waals surface area contributed by atoms with Crippen molar-refractivity contribution in [1.82, 2.24) is 4.31 Å². The summed E-state index contributed by atoms with van der Waals surface area (Å²) in [6, 6.07) is 4.97. The van der Waals surface area contributed by atoms with E-state index < -0.39 is 10.0 Å². The third-order valence-corrected chi connectivity index (χ3v) is 5.72. The Morgan fingerprint density at radius 1 is 1.40 bits per heavy atom. The Kier molecular flexibility index (Phi) is 4.67. The topological polar surface area (TPSA) is 72.6 Å². The van der Waals surface area contributed by atoms with Crippen molar-refractivity contribution in [2.45, 2.75) is 37.2 Å². The van der Waals surface area contributed by atoms with Gasteiger partial charge in [0.25, 0.3) is 0 Å². The highest BCUT2D eigenvalue weighted by atomic mass is 32.2. The molecule has 0 spiro atoms. The zero-order chi connectivity index (χ0) is 14.8. The monoisotopic (exact) mass is 298 g/mol. The maximum atomic E-state index is 12.6. The van der Waals surface area contributed by atoms with Gasteiger partial charge in [-0.1, -0.05) is 6.07 Å². The first-order valence-electron chi connectivity index (χ1n) is 6.86. The van der Waals surface area contributed by atoms with E-state index in [0.717, 1.165) is 25.9 Å². The van der Waals surface area contributed by atoms with Crippen molar-refractivity contribution in [2.75, 3.05) is 25.9 Å². The van der Waals surface area contributed by atoms with E-state index in [1.54, 1.807) is 32.2 Å². The molecule has 1 unspecified atom stereocenters.